The van der Waals surface area contributed by atoms with Gasteiger partial charge in [-0.25, -0.2) is 9.97 Å². The Labute approximate surface area is 200 Å². The van der Waals surface area contributed by atoms with Gasteiger partial charge in [-0.3, -0.25) is 10.1 Å². The number of para-hydroxylation sites is 1. The minimum atomic E-state index is 0.323. The lowest BCUT2D eigenvalue weighted by Crippen LogP contribution is -2.09. The topological polar surface area (TPSA) is 95.2 Å². The lowest BCUT2D eigenvalue weighted by molar-refractivity contribution is 0.898. The van der Waals surface area contributed by atoms with E-state index in [1.807, 2.05) is 30.6 Å². The van der Waals surface area contributed by atoms with Crippen LogP contribution in [0.3, 0.4) is 0 Å². The molecule has 0 aliphatic rings. The maximum absolute atomic E-state index is 4.95. The van der Waals surface area contributed by atoms with Crippen molar-refractivity contribution in [1.82, 2.24) is 30.1 Å². The van der Waals surface area contributed by atoms with Gasteiger partial charge in [0.05, 0.1) is 27.9 Å². The maximum Gasteiger partial charge on any atom is 0.161 e. The predicted octanol–water partition coefficient (Wildman–Crippen LogP) is 6.42. The van der Waals surface area contributed by atoms with Crippen LogP contribution in [-0.2, 0) is 0 Å². The molecule has 3 N–H and O–H groups in total. The molecule has 168 valence electrons. The largest absolute Gasteiger partial charge is 0.382 e. The van der Waals surface area contributed by atoms with E-state index < -0.39 is 0 Å². The number of nitrogens with one attached hydrogen (secondary N) is 3. The van der Waals surface area contributed by atoms with E-state index in [9.17, 15) is 0 Å². The van der Waals surface area contributed by atoms with Gasteiger partial charge in [0.1, 0.15) is 5.52 Å². The van der Waals surface area contributed by atoms with Crippen molar-refractivity contribution in [2.75, 3.05) is 5.32 Å². The van der Waals surface area contributed by atoms with Gasteiger partial charge in [0.2, 0.25) is 0 Å². The molecule has 0 spiro atoms. The first-order chi connectivity index (χ1) is 16.5. The van der Waals surface area contributed by atoms with Gasteiger partial charge >= 0.3 is 0 Å². The van der Waals surface area contributed by atoms with Gasteiger partial charge in [-0.05, 0) is 57.2 Å². The number of fused-ring (bicyclic) bond motifs is 2. The van der Waals surface area contributed by atoms with Crippen LogP contribution in [0.25, 0.3) is 55.3 Å². The zero-order valence-electron chi connectivity index (χ0n) is 19.0. The van der Waals surface area contributed by atoms with Crippen LogP contribution in [0.1, 0.15) is 18.7 Å². The summed E-state index contributed by atoms with van der Waals surface area (Å²) in [6.45, 7) is 6.33. The van der Waals surface area contributed by atoms with Gasteiger partial charge in [0.15, 0.2) is 11.5 Å². The minimum absolute atomic E-state index is 0.323. The summed E-state index contributed by atoms with van der Waals surface area (Å²) in [7, 11) is 0. The highest BCUT2D eigenvalue weighted by Crippen LogP contribution is 2.34. The second kappa shape index (κ2) is 8.07. The lowest BCUT2D eigenvalue weighted by atomic mass is 10.1. The van der Waals surface area contributed by atoms with Crippen molar-refractivity contribution in [1.29, 1.82) is 0 Å². The van der Waals surface area contributed by atoms with Crippen molar-refractivity contribution in [3.05, 3.63) is 65.8 Å². The number of aryl methyl sites for hydroxylation is 1. The van der Waals surface area contributed by atoms with Crippen LogP contribution >= 0.6 is 11.3 Å². The molecule has 5 heterocycles. The normalized spacial score (nSPS) is 11.6. The van der Waals surface area contributed by atoms with Crippen molar-refractivity contribution in [2.24, 2.45) is 0 Å². The lowest BCUT2D eigenvalue weighted by Gasteiger charge is -2.10. The Morgan fingerprint density at radius 2 is 1.85 bits per heavy atom. The average Bonchev–Trinajstić information content (AvgIpc) is 3.55. The molecule has 5 aromatic heterocycles. The second-order valence-corrected chi connectivity index (χ2v) is 9.91. The molecule has 0 atom stereocenters. The summed E-state index contributed by atoms with van der Waals surface area (Å²) in [6, 6.07) is 16.9. The number of thiophene rings is 1. The molecular weight excluding hydrogens is 442 g/mol. The molecule has 6 rings (SSSR count). The van der Waals surface area contributed by atoms with Crippen LogP contribution in [0.15, 0.2) is 60.9 Å². The number of rotatable bonds is 5. The highest BCUT2D eigenvalue weighted by atomic mass is 32.1. The fraction of sp³-hybridized carbons (Fsp3) is 0.154. The first kappa shape index (κ1) is 20.6. The number of anilines is 1. The third kappa shape index (κ3) is 3.62. The molecule has 6 aromatic rings. The van der Waals surface area contributed by atoms with Gasteiger partial charge < -0.3 is 10.3 Å². The molecule has 0 saturated heterocycles. The molecule has 0 saturated carbocycles. The summed E-state index contributed by atoms with van der Waals surface area (Å²) < 4.78 is 0. The smallest absolute Gasteiger partial charge is 0.161 e. The number of aromatic amines is 2. The summed E-state index contributed by atoms with van der Waals surface area (Å²) in [5.74, 6) is 0.694. The van der Waals surface area contributed by atoms with Gasteiger partial charge in [0.25, 0.3) is 0 Å². The number of pyridine rings is 2. The van der Waals surface area contributed by atoms with Crippen LogP contribution < -0.4 is 5.32 Å². The van der Waals surface area contributed by atoms with Crippen molar-refractivity contribution in [3.8, 4) is 33.2 Å². The molecule has 1 aromatic carbocycles. The first-order valence-electron chi connectivity index (χ1n) is 11.2. The molecule has 0 aliphatic heterocycles. The Bertz CT molecular complexity index is 1640. The summed E-state index contributed by atoms with van der Waals surface area (Å²) in [4.78, 5) is 20.2. The van der Waals surface area contributed by atoms with Gasteiger partial charge in [-0.2, -0.15) is 5.10 Å². The van der Waals surface area contributed by atoms with Gasteiger partial charge in [-0.15, -0.1) is 11.3 Å². The van der Waals surface area contributed by atoms with E-state index in [0.717, 1.165) is 44.6 Å². The molecule has 34 heavy (non-hydrogen) atoms. The Balaban J connectivity index is 1.45. The zero-order chi connectivity index (χ0) is 23.2. The quantitative estimate of drug-likeness (QED) is 0.273. The molecule has 7 nitrogen and oxygen atoms in total. The van der Waals surface area contributed by atoms with E-state index in [0.29, 0.717) is 17.6 Å². The molecular formula is C26H23N7S. The van der Waals surface area contributed by atoms with Crippen LogP contribution in [0.4, 0.5) is 5.69 Å². The summed E-state index contributed by atoms with van der Waals surface area (Å²) in [5.41, 5.74) is 8.10. The number of benzene rings is 1. The first-order valence-corrected chi connectivity index (χ1v) is 12.0. The molecule has 0 bridgehead atoms. The summed E-state index contributed by atoms with van der Waals surface area (Å²) in [5, 5.41) is 11.0. The monoisotopic (exact) mass is 465 g/mol. The minimum Gasteiger partial charge on any atom is -0.382 e. The van der Waals surface area contributed by atoms with Crippen molar-refractivity contribution in [3.63, 3.8) is 0 Å². The van der Waals surface area contributed by atoms with Crippen LogP contribution in [0.2, 0.25) is 0 Å². The number of hydrogen-bond acceptors (Lipinski definition) is 6. The van der Waals surface area contributed by atoms with Crippen molar-refractivity contribution in [2.45, 2.75) is 26.8 Å². The van der Waals surface area contributed by atoms with E-state index in [1.54, 1.807) is 11.3 Å². The van der Waals surface area contributed by atoms with Crippen molar-refractivity contribution >= 4 is 39.1 Å². The molecule has 0 amide bonds. The van der Waals surface area contributed by atoms with E-state index in [-0.39, 0.29) is 0 Å². The highest BCUT2D eigenvalue weighted by Gasteiger charge is 2.17. The number of imidazole rings is 1. The molecule has 0 unspecified atom stereocenters. The van der Waals surface area contributed by atoms with E-state index in [2.05, 4.69) is 76.6 Å². The van der Waals surface area contributed by atoms with Crippen LogP contribution in [-0.4, -0.2) is 36.2 Å². The summed E-state index contributed by atoms with van der Waals surface area (Å²) in [6.07, 6.45) is 3.66. The Kier molecular flexibility index (Phi) is 4.88. The predicted molar refractivity (Wildman–Crippen MR) is 139 cm³/mol. The fourth-order valence-corrected chi connectivity index (χ4v) is 5.03. The van der Waals surface area contributed by atoms with E-state index in [4.69, 9.17) is 9.97 Å². The number of H-pyrrole nitrogens is 2. The third-order valence-corrected chi connectivity index (χ3v) is 6.67. The Morgan fingerprint density at radius 1 is 0.941 bits per heavy atom. The highest BCUT2D eigenvalue weighted by molar-refractivity contribution is 7.15. The molecule has 8 heteroatoms. The number of aromatic nitrogens is 6. The zero-order valence-corrected chi connectivity index (χ0v) is 19.9. The number of hydrogen-bond donors (Lipinski definition) is 3. The third-order valence-electron chi connectivity index (χ3n) is 5.64. The standard InChI is InChI=1S/C26H23N7S/c1-14(2)28-17-11-16(12-27-13-17)19-8-9-21-24(29-19)25(33-32-21)26-30-20-6-4-5-18(23(20)31-26)22-10-7-15(3)34-22/h4-14,28H,1-3H3,(H,30,31)(H,32,33). The molecule has 0 fully saturated rings. The maximum atomic E-state index is 4.95. The summed E-state index contributed by atoms with van der Waals surface area (Å²) >= 11 is 1.77. The van der Waals surface area contributed by atoms with E-state index >= 15 is 0 Å². The average molecular weight is 466 g/mol. The number of nitrogens with zero attached hydrogens (tertiary/aromatic N) is 4. The SMILES string of the molecule is Cc1ccc(-c2cccc3[nH]c(-c4n[nH]c5ccc(-c6cncc(NC(C)C)c6)nc45)nc23)s1. The Morgan fingerprint density at radius 3 is 2.68 bits per heavy atom. The van der Waals surface area contributed by atoms with Gasteiger partial charge in [-0.1, -0.05) is 12.1 Å². The van der Waals surface area contributed by atoms with E-state index in [1.165, 1.54) is 9.75 Å². The second-order valence-electron chi connectivity index (χ2n) is 8.62. The molecule has 0 aliphatic carbocycles. The fourth-order valence-electron chi connectivity index (χ4n) is 4.14. The van der Waals surface area contributed by atoms with Gasteiger partial charge in [0, 0.05) is 39.3 Å². The van der Waals surface area contributed by atoms with Crippen LogP contribution in [0.5, 0.6) is 0 Å². The molecule has 0 radical (unpaired) electrons. The van der Waals surface area contributed by atoms with Crippen LogP contribution in [0, 0.1) is 6.92 Å². The van der Waals surface area contributed by atoms with Crippen molar-refractivity contribution < 1.29 is 0 Å². The Hall–Kier alpha value is -4.04.